The van der Waals surface area contributed by atoms with Gasteiger partial charge in [-0.1, -0.05) is 20.3 Å². The lowest BCUT2D eigenvalue weighted by Crippen LogP contribution is -2.56. The summed E-state index contributed by atoms with van der Waals surface area (Å²) in [5, 5.41) is 0. The van der Waals surface area contributed by atoms with Gasteiger partial charge in [0.1, 0.15) is 0 Å². The van der Waals surface area contributed by atoms with Crippen molar-refractivity contribution in [2.75, 3.05) is 33.7 Å². The molecule has 0 aromatic heterocycles. The Balaban J connectivity index is 2.63. The van der Waals surface area contributed by atoms with Crippen LogP contribution in [-0.4, -0.2) is 55.0 Å². The first-order valence-corrected chi connectivity index (χ1v) is 8.14. The van der Waals surface area contributed by atoms with Crippen LogP contribution in [0.4, 0.5) is 0 Å². The second-order valence-corrected chi connectivity index (χ2v) is 6.40. The quantitative estimate of drug-likeness (QED) is 0.778. The molecule has 0 unspecified atom stereocenters. The zero-order valence-electron chi connectivity index (χ0n) is 13.8. The van der Waals surface area contributed by atoms with Crippen LogP contribution in [0.25, 0.3) is 0 Å². The highest BCUT2D eigenvalue weighted by atomic mass is 16.2. The standard InChI is InChI=1S/C16H33N3O/c1-5-14-7-10-16(13-17,11-8-14)19(6-2)12-9-15(20)18(3)4/h14H,5-13,17H2,1-4H3. The number of hydrogen-bond acceptors (Lipinski definition) is 3. The summed E-state index contributed by atoms with van der Waals surface area (Å²) in [6.07, 6.45) is 6.82. The monoisotopic (exact) mass is 283 g/mol. The van der Waals surface area contributed by atoms with E-state index in [2.05, 4.69) is 18.7 Å². The largest absolute Gasteiger partial charge is 0.349 e. The van der Waals surface area contributed by atoms with E-state index in [1.807, 2.05) is 14.1 Å². The van der Waals surface area contributed by atoms with Crippen LogP contribution in [0.5, 0.6) is 0 Å². The molecule has 0 atom stereocenters. The lowest BCUT2D eigenvalue weighted by molar-refractivity contribution is -0.129. The lowest BCUT2D eigenvalue weighted by atomic mass is 9.74. The van der Waals surface area contributed by atoms with E-state index in [-0.39, 0.29) is 11.4 Å². The molecule has 118 valence electrons. The van der Waals surface area contributed by atoms with Crippen LogP contribution in [0.2, 0.25) is 0 Å². The van der Waals surface area contributed by atoms with Gasteiger partial charge in [-0.15, -0.1) is 0 Å². The Hall–Kier alpha value is -0.610. The van der Waals surface area contributed by atoms with E-state index >= 15 is 0 Å². The normalized spacial score (nSPS) is 26.8. The summed E-state index contributed by atoms with van der Waals surface area (Å²) in [6.45, 7) is 7.00. The molecule has 1 fully saturated rings. The van der Waals surface area contributed by atoms with Crippen molar-refractivity contribution in [3.8, 4) is 0 Å². The molecule has 4 heteroatoms. The fourth-order valence-electron chi connectivity index (χ4n) is 3.46. The summed E-state index contributed by atoms with van der Waals surface area (Å²) < 4.78 is 0. The first-order valence-electron chi connectivity index (χ1n) is 8.14. The zero-order valence-corrected chi connectivity index (χ0v) is 13.8. The van der Waals surface area contributed by atoms with Crippen molar-refractivity contribution in [2.45, 2.75) is 57.9 Å². The number of rotatable bonds is 7. The Kier molecular flexibility index (Phi) is 6.96. The molecule has 1 amide bonds. The van der Waals surface area contributed by atoms with Crippen LogP contribution in [0, 0.1) is 5.92 Å². The van der Waals surface area contributed by atoms with Gasteiger partial charge in [-0.25, -0.2) is 0 Å². The van der Waals surface area contributed by atoms with Gasteiger partial charge in [0.25, 0.3) is 0 Å². The maximum Gasteiger partial charge on any atom is 0.223 e. The summed E-state index contributed by atoms with van der Waals surface area (Å²) >= 11 is 0. The minimum absolute atomic E-state index is 0.132. The lowest BCUT2D eigenvalue weighted by Gasteiger charge is -2.47. The van der Waals surface area contributed by atoms with Crippen LogP contribution in [0.15, 0.2) is 0 Å². The highest BCUT2D eigenvalue weighted by molar-refractivity contribution is 5.75. The fourth-order valence-corrected chi connectivity index (χ4v) is 3.46. The number of likely N-dealkylation sites (N-methyl/N-ethyl adjacent to an activating group) is 1. The Labute approximate surface area is 124 Å². The second kappa shape index (κ2) is 7.99. The smallest absolute Gasteiger partial charge is 0.223 e. The minimum atomic E-state index is 0.132. The highest BCUT2D eigenvalue weighted by Gasteiger charge is 2.38. The zero-order chi connectivity index (χ0) is 15.2. The van der Waals surface area contributed by atoms with Crippen molar-refractivity contribution < 1.29 is 4.79 Å². The van der Waals surface area contributed by atoms with Gasteiger partial charge in [-0.05, 0) is 38.1 Å². The Morgan fingerprint density at radius 3 is 2.25 bits per heavy atom. The third-order valence-electron chi connectivity index (χ3n) is 5.14. The van der Waals surface area contributed by atoms with Gasteiger partial charge in [-0.3, -0.25) is 9.69 Å². The molecule has 0 heterocycles. The summed E-state index contributed by atoms with van der Waals surface area (Å²) in [5.41, 5.74) is 6.26. The van der Waals surface area contributed by atoms with Crippen molar-refractivity contribution in [2.24, 2.45) is 11.7 Å². The molecule has 0 aromatic rings. The molecule has 20 heavy (non-hydrogen) atoms. The average molecular weight is 283 g/mol. The SMILES string of the molecule is CCC1CCC(CN)(N(CC)CCC(=O)N(C)C)CC1. The van der Waals surface area contributed by atoms with E-state index in [1.165, 1.54) is 32.1 Å². The molecule has 0 aromatic carbocycles. The van der Waals surface area contributed by atoms with E-state index in [4.69, 9.17) is 5.73 Å². The van der Waals surface area contributed by atoms with Gasteiger partial charge in [0.05, 0.1) is 0 Å². The number of carbonyl (C=O) groups excluding carboxylic acids is 1. The predicted molar refractivity (Wildman–Crippen MR) is 84.6 cm³/mol. The summed E-state index contributed by atoms with van der Waals surface area (Å²) in [6, 6.07) is 0. The first kappa shape index (κ1) is 17.4. The van der Waals surface area contributed by atoms with Crippen LogP contribution in [-0.2, 0) is 4.79 Å². The average Bonchev–Trinajstić information content (AvgIpc) is 2.47. The molecule has 0 spiro atoms. The van der Waals surface area contributed by atoms with Crippen LogP contribution >= 0.6 is 0 Å². The summed E-state index contributed by atoms with van der Waals surface area (Å²) in [5.74, 6) is 1.08. The van der Waals surface area contributed by atoms with Crippen molar-refractivity contribution in [1.82, 2.24) is 9.80 Å². The maximum absolute atomic E-state index is 11.8. The topological polar surface area (TPSA) is 49.6 Å². The van der Waals surface area contributed by atoms with E-state index in [9.17, 15) is 4.79 Å². The second-order valence-electron chi connectivity index (χ2n) is 6.40. The van der Waals surface area contributed by atoms with Gasteiger partial charge in [0.15, 0.2) is 0 Å². The molecule has 1 aliphatic carbocycles. The highest BCUT2D eigenvalue weighted by Crippen LogP contribution is 2.37. The third kappa shape index (κ3) is 4.19. The van der Waals surface area contributed by atoms with Crippen molar-refractivity contribution in [3.05, 3.63) is 0 Å². The van der Waals surface area contributed by atoms with Gasteiger partial charge in [0, 0.05) is 39.1 Å². The molecule has 1 rings (SSSR count). The summed E-state index contributed by atoms with van der Waals surface area (Å²) in [7, 11) is 3.65. The summed E-state index contributed by atoms with van der Waals surface area (Å²) in [4.78, 5) is 15.9. The molecule has 0 saturated heterocycles. The van der Waals surface area contributed by atoms with Crippen molar-refractivity contribution in [1.29, 1.82) is 0 Å². The van der Waals surface area contributed by atoms with Crippen LogP contribution in [0.3, 0.4) is 0 Å². The van der Waals surface area contributed by atoms with E-state index in [0.29, 0.717) is 13.0 Å². The third-order valence-corrected chi connectivity index (χ3v) is 5.14. The minimum Gasteiger partial charge on any atom is -0.349 e. The van der Waals surface area contributed by atoms with Crippen LogP contribution in [0.1, 0.15) is 52.4 Å². The van der Waals surface area contributed by atoms with Gasteiger partial charge < -0.3 is 10.6 Å². The van der Waals surface area contributed by atoms with Gasteiger partial charge >= 0.3 is 0 Å². The number of hydrogen-bond donors (Lipinski definition) is 1. The molecule has 0 radical (unpaired) electrons. The Bertz CT molecular complexity index is 296. The Morgan fingerprint density at radius 2 is 1.85 bits per heavy atom. The molecule has 1 aliphatic rings. The van der Waals surface area contributed by atoms with Crippen molar-refractivity contribution >= 4 is 5.91 Å². The molecular formula is C16H33N3O. The molecular weight excluding hydrogens is 250 g/mol. The van der Waals surface area contributed by atoms with Gasteiger partial charge in [0.2, 0.25) is 5.91 Å². The number of nitrogens with two attached hydrogens (primary N) is 1. The van der Waals surface area contributed by atoms with E-state index < -0.39 is 0 Å². The predicted octanol–water partition coefficient (Wildman–Crippen LogP) is 2.08. The van der Waals surface area contributed by atoms with Crippen LogP contribution < -0.4 is 5.73 Å². The van der Waals surface area contributed by atoms with E-state index in [1.54, 1.807) is 4.90 Å². The molecule has 4 nitrogen and oxygen atoms in total. The number of nitrogens with zero attached hydrogens (tertiary/aromatic N) is 2. The Morgan fingerprint density at radius 1 is 1.25 bits per heavy atom. The van der Waals surface area contributed by atoms with E-state index in [0.717, 1.165) is 19.0 Å². The van der Waals surface area contributed by atoms with Crippen molar-refractivity contribution in [3.63, 3.8) is 0 Å². The fraction of sp³-hybridized carbons (Fsp3) is 0.938. The molecule has 2 N–H and O–H groups in total. The molecule has 1 saturated carbocycles. The number of amides is 1. The molecule has 0 bridgehead atoms. The molecule has 0 aliphatic heterocycles. The maximum atomic E-state index is 11.8. The first-order chi connectivity index (χ1) is 9.49. The number of carbonyl (C=O) groups is 1. The van der Waals surface area contributed by atoms with Gasteiger partial charge in [-0.2, -0.15) is 0 Å².